The van der Waals surface area contributed by atoms with Crippen molar-refractivity contribution in [3.8, 4) is 0 Å². The zero-order chi connectivity index (χ0) is 31.2. The summed E-state index contributed by atoms with van der Waals surface area (Å²) in [5.41, 5.74) is 12.2. The Bertz CT molecular complexity index is 2200. The Labute approximate surface area is 279 Å². The first-order valence-corrected chi connectivity index (χ1v) is 14.6. The minimum atomic E-state index is -4.83. The van der Waals surface area contributed by atoms with E-state index >= 15 is 0 Å². The standard InChI is InChI=1S/C31H24N6O6S.Na/c1-16-6-7-17(2)25(12-16)36-37-29-27(44(41,42)43)15-22-21(30(29)40)9-11-24-28(22)33-31(32-24)18-4-3-5-19(13-18)34-35-23-10-8-20(38)14-26(23)39;/h3-15,34,36-38H,1-2H3,(H,41,42,43);/q;+1/p-1. The Morgan fingerprint density at radius 3 is 2.49 bits per heavy atom. The van der Waals surface area contributed by atoms with Crippen molar-refractivity contribution < 1.29 is 57.2 Å². The number of fused-ring (bicyclic) bond motifs is 3. The summed E-state index contributed by atoms with van der Waals surface area (Å²) in [6.45, 7) is 3.75. The normalized spacial score (nSPS) is 16.1. The zero-order valence-corrected chi connectivity index (χ0v) is 27.1. The number of anilines is 2. The second kappa shape index (κ2) is 12.4. The van der Waals surface area contributed by atoms with Gasteiger partial charge in [-0.1, -0.05) is 30.3 Å². The number of hydrogen-bond acceptors (Lipinski definition) is 11. The fraction of sp³-hybridized carbons (Fsp3) is 0.0645. The molecule has 14 heteroatoms. The molecular weight excluding hydrogens is 607 g/mol. The number of carbonyl (C=O) groups is 2. The molecule has 2 aliphatic carbocycles. The molecule has 0 bridgehead atoms. The summed E-state index contributed by atoms with van der Waals surface area (Å²) in [7, 11) is -4.83. The van der Waals surface area contributed by atoms with Gasteiger partial charge in [0.1, 0.15) is 16.3 Å². The molecule has 0 radical (unpaired) electrons. The van der Waals surface area contributed by atoms with E-state index < -0.39 is 32.3 Å². The molecule has 0 amide bonds. The maximum absolute atomic E-state index is 13.6. The maximum Gasteiger partial charge on any atom is 1.00 e. The van der Waals surface area contributed by atoms with E-state index in [1.165, 1.54) is 24.3 Å². The third-order valence-electron chi connectivity index (χ3n) is 6.98. The predicted molar refractivity (Wildman–Crippen MR) is 163 cm³/mol. The number of aryl methyl sites for hydroxylation is 2. The monoisotopic (exact) mass is 630 g/mol. The van der Waals surface area contributed by atoms with E-state index in [0.29, 0.717) is 22.6 Å². The van der Waals surface area contributed by atoms with Crippen LogP contribution in [0.4, 0.5) is 17.1 Å². The van der Waals surface area contributed by atoms with Crippen LogP contribution in [0.3, 0.4) is 0 Å². The van der Waals surface area contributed by atoms with E-state index in [-0.39, 0.29) is 62.9 Å². The number of rotatable bonds is 7. The first-order chi connectivity index (χ1) is 21.0. The number of ketones is 2. The quantitative estimate of drug-likeness (QED) is 0.108. The van der Waals surface area contributed by atoms with Crippen LogP contribution in [0.15, 0.2) is 104 Å². The van der Waals surface area contributed by atoms with Gasteiger partial charge in [0.15, 0.2) is 5.84 Å². The first-order valence-electron chi connectivity index (χ1n) is 13.2. The molecule has 0 saturated carbocycles. The summed E-state index contributed by atoms with van der Waals surface area (Å²) in [5, 5.41) is 15.9. The van der Waals surface area contributed by atoms with Crippen LogP contribution in [0.5, 0.6) is 0 Å². The number of carbonyl (C=O) groups excluding carboxylic acids is 2. The molecule has 3 aromatic carbocycles. The van der Waals surface area contributed by atoms with Crippen molar-refractivity contribution in [3.05, 3.63) is 122 Å². The number of hydrogen-bond donors (Lipinski definition) is 4. The van der Waals surface area contributed by atoms with E-state index in [9.17, 15) is 27.7 Å². The van der Waals surface area contributed by atoms with Crippen LogP contribution >= 0.6 is 0 Å². The van der Waals surface area contributed by atoms with Gasteiger partial charge in [-0.15, -0.1) is 5.76 Å². The number of allylic oxidation sites excluding steroid dienone is 5. The van der Waals surface area contributed by atoms with Gasteiger partial charge in [-0.25, -0.2) is 9.98 Å². The van der Waals surface area contributed by atoms with Crippen molar-refractivity contribution in [2.24, 2.45) is 15.1 Å². The average molecular weight is 631 g/mol. The summed E-state index contributed by atoms with van der Waals surface area (Å²) in [4.78, 5) is 34.1. The number of Topliss-reactive ketones (excluding diaryl/α,β-unsaturated/α-hetero) is 1. The minimum absolute atomic E-state index is 0. The number of hydrazone groups is 1. The molecule has 0 fully saturated rings. The van der Waals surface area contributed by atoms with Crippen LogP contribution in [-0.4, -0.2) is 36.1 Å². The molecule has 0 saturated heterocycles. The fourth-order valence-corrected chi connectivity index (χ4v) is 5.40. The molecule has 0 spiro atoms. The van der Waals surface area contributed by atoms with Crippen LogP contribution < -0.4 is 61.5 Å². The largest absolute Gasteiger partial charge is 1.00 e. The summed E-state index contributed by atoms with van der Waals surface area (Å²) in [6, 6.07) is 15.6. The molecule has 12 nitrogen and oxygen atoms in total. The van der Waals surface area contributed by atoms with Gasteiger partial charge in [-0.3, -0.25) is 25.0 Å². The molecule has 45 heavy (non-hydrogen) atoms. The third kappa shape index (κ3) is 6.43. The number of hydrazine groups is 1. The summed E-state index contributed by atoms with van der Waals surface area (Å²) >= 11 is 0. The van der Waals surface area contributed by atoms with Crippen molar-refractivity contribution in [1.29, 1.82) is 0 Å². The molecule has 6 rings (SSSR count). The van der Waals surface area contributed by atoms with Crippen molar-refractivity contribution in [1.82, 2.24) is 5.43 Å². The van der Waals surface area contributed by atoms with Gasteiger partial charge in [-0.2, -0.15) is 13.5 Å². The number of amidine groups is 1. The number of benzene rings is 3. The van der Waals surface area contributed by atoms with Crippen LogP contribution in [-0.2, 0) is 14.9 Å². The van der Waals surface area contributed by atoms with Crippen molar-refractivity contribution in [2.45, 2.75) is 13.8 Å². The van der Waals surface area contributed by atoms with Crippen molar-refractivity contribution in [2.75, 3.05) is 10.9 Å². The van der Waals surface area contributed by atoms with Crippen LogP contribution in [0.2, 0.25) is 0 Å². The predicted octanol–water partition coefficient (Wildman–Crippen LogP) is -1.14. The first kappa shape index (κ1) is 31.8. The molecule has 1 aliphatic heterocycles. The Kier molecular flexibility index (Phi) is 8.74. The average Bonchev–Trinajstić information content (AvgIpc) is 3.42. The number of nitrogens with zero attached hydrogens (tertiary/aromatic N) is 3. The Hall–Kier alpha value is -4.66. The van der Waals surface area contributed by atoms with Gasteiger partial charge in [0, 0.05) is 16.3 Å². The van der Waals surface area contributed by atoms with Gasteiger partial charge >= 0.3 is 29.6 Å². The van der Waals surface area contributed by atoms with E-state index in [4.69, 9.17) is 0 Å². The van der Waals surface area contributed by atoms with Gasteiger partial charge in [0.25, 0.3) is 10.1 Å². The Morgan fingerprint density at radius 1 is 0.933 bits per heavy atom. The topological polar surface area (TPSA) is 185 Å². The molecular formula is C31H23N6NaO6S. The second-order valence-corrected chi connectivity index (χ2v) is 11.5. The summed E-state index contributed by atoms with van der Waals surface area (Å²) in [6.07, 6.45) is 4.72. The molecule has 0 unspecified atom stereocenters. The smallest absolute Gasteiger partial charge is 0.872 e. The Balaban J connectivity index is 0.00000400. The molecule has 3 aromatic rings. The van der Waals surface area contributed by atoms with Crippen molar-refractivity contribution in [3.63, 3.8) is 0 Å². The second-order valence-electron chi connectivity index (χ2n) is 10.1. The van der Waals surface area contributed by atoms with Gasteiger partial charge < -0.3 is 10.5 Å². The van der Waals surface area contributed by atoms with Gasteiger partial charge in [0.2, 0.25) is 11.6 Å². The van der Waals surface area contributed by atoms with Gasteiger partial charge in [-0.05, 0) is 73.5 Å². The maximum atomic E-state index is 13.6. The third-order valence-corrected chi connectivity index (χ3v) is 7.86. The van der Waals surface area contributed by atoms with Gasteiger partial charge in [0.05, 0.1) is 22.4 Å². The van der Waals surface area contributed by atoms with Crippen LogP contribution in [0.1, 0.15) is 27.0 Å². The molecule has 220 valence electrons. The van der Waals surface area contributed by atoms with E-state index in [0.717, 1.165) is 17.2 Å². The van der Waals surface area contributed by atoms with Crippen LogP contribution in [0.25, 0.3) is 6.08 Å². The fourth-order valence-electron chi connectivity index (χ4n) is 4.73. The molecule has 0 aromatic heterocycles. The van der Waals surface area contributed by atoms with E-state index in [1.54, 1.807) is 30.3 Å². The van der Waals surface area contributed by atoms with E-state index in [1.807, 2.05) is 32.0 Å². The zero-order valence-electron chi connectivity index (χ0n) is 24.2. The Morgan fingerprint density at radius 2 is 1.73 bits per heavy atom. The molecule has 1 heterocycles. The van der Waals surface area contributed by atoms with Crippen molar-refractivity contribution >= 4 is 56.4 Å². The number of aliphatic imine (C=N–C) groups is 1. The molecule has 0 atom stereocenters. The summed E-state index contributed by atoms with van der Waals surface area (Å²) < 4.78 is 35.0. The molecule has 3 aliphatic rings. The number of nitrogens with one attached hydrogen (secondary N) is 3. The van der Waals surface area contributed by atoms with Crippen LogP contribution in [0, 0.1) is 13.8 Å². The van der Waals surface area contributed by atoms with E-state index in [2.05, 4.69) is 31.4 Å². The summed E-state index contributed by atoms with van der Waals surface area (Å²) in [5.74, 6) is -1.29. The minimum Gasteiger partial charge on any atom is -0.872 e. The molecule has 4 N–H and O–H groups in total. The SMILES string of the molecule is Cc1ccc(C)c(NNC2=C(S(=O)(=O)O)C=c3c(ccc4c3=NC(c3cccc(NN=C5C=CC([O-])=CC5=O)c3)=N4)C2=O)c1.[Na+].